The summed E-state index contributed by atoms with van der Waals surface area (Å²) in [5.41, 5.74) is 5.53. The third-order valence-electron chi connectivity index (χ3n) is 3.44. The summed E-state index contributed by atoms with van der Waals surface area (Å²) in [6.45, 7) is 4.47. The molecule has 0 aliphatic heterocycles. The van der Waals surface area contributed by atoms with Gasteiger partial charge in [-0.1, -0.05) is 68.3 Å². The van der Waals surface area contributed by atoms with Crippen molar-refractivity contribution in [2.45, 2.75) is 39.5 Å². The Labute approximate surface area is 111 Å². The summed E-state index contributed by atoms with van der Waals surface area (Å²) in [5.74, 6) is 0. The van der Waals surface area contributed by atoms with E-state index in [4.69, 9.17) is 0 Å². The SMILES string of the molecule is CCCCCc1ccc(-c2ccccc2)c(C)c1. The van der Waals surface area contributed by atoms with Crippen molar-refractivity contribution in [3.8, 4) is 11.1 Å². The fraction of sp³-hybridized carbons (Fsp3) is 0.333. The molecule has 0 saturated heterocycles. The Morgan fingerprint density at radius 3 is 2.33 bits per heavy atom. The van der Waals surface area contributed by atoms with Crippen LogP contribution in [0.5, 0.6) is 0 Å². The second-order valence-corrected chi connectivity index (χ2v) is 4.97. The monoisotopic (exact) mass is 238 g/mol. The number of hydrogen-bond acceptors (Lipinski definition) is 0. The van der Waals surface area contributed by atoms with Crippen molar-refractivity contribution in [1.29, 1.82) is 0 Å². The van der Waals surface area contributed by atoms with Gasteiger partial charge < -0.3 is 0 Å². The van der Waals surface area contributed by atoms with Gasteiger partial charge in [0.1, 0.15) is 0 Å². The van der Waals surface area contributed by atoms with Gasteiger partial charge in [0.25, 0.3) is 0 Å². The molecular formula is C18H22. The van der Waals surface area contributed by atoms with E-state index < -0.39 is 0 Å². The maximum absolute atomic E-state index is 2.35. The van der Waals surface area contributed by atoms with Crippen LogP contribution in [0.3, 0.4) is 0 Å². The van der Waals surface area contributed by atoms with Crippen molar-refractivity contribution in [1.82, 2.24) is 0 Å². The molecule has 18 heavy (non-hydrogen) atoms. The lowest BCUT2D eigenvalue weighted by molar-refractivity contribution is 0.717. The van der Waals surface area contributed by atoms with E-state index in [9.17, 15) is 0 Å². The molecule has 0 aromatic heterocycles. The minimum absolute atomic E-state index is 1.21. The Morgan fingerprint density at radius 2 is 1.67 bits per heavy atom. The zero-order valence-electron chi connectivity index (χ0n) is 11.4. The first-order valence-electron chi connectivity index (χ1n) is 6.96. The quantitative estimate of drug-likeness (QED) is 0.612. The Kier molecular flexibility index (Phi) is 4.58. The van der Waals surface area contributed by atoms with E-state index in [2.05, 4.69) is 62.4 Å². The van der Waals surface area contributed by atoms with Crippen LogP contribution in [0.4, 0.5) is 0 Å². The number of aryl methyl sites for hydroxylation is 2. The van der Waals surface area contributed by atoms with Gasteiger partial charge in [-0.3, -0.25) is 0 Å². The zero-order chi connectivity index (χ0) is 12.8. The van der Waals surface area contributed by atoms with Gasteiger partial charge >= 0.3 is 0 Å². The number of benzene rings is 2. The lowest BCUT2D eigenvalue weighted by Gasteiger charge is -2.09. The van der Waals surface area contributed by atoms with E-state index >= 15 is 0 Å². The highest BCUT2D eigenvalue weighted by molar-refractivity contribution is 5.67. The molecule has 0 saturated carbocycles. The summed E-state index contributed by atoms with van der Waals surface area (Å²) in [5, 5.41) is 0. The minimum Gasteiger partial charge on any atom is -0.0654 e. The molecule has 0 radical (unpaired) electrons. The molecule has 94 valence electrons. The number of hydrogen-bond donors (Lipinski definition) is 0. The topological polar surface area (TPSA) is 0 Å². The van der Waals surface area contributed by atoms with Crippen LogP contribution in [-0.4, -0.2) is 0 Å². The average Bonchev–Trinajstić information content (AvgIpc) is 2.40. The van der Waals surface area contributed by atoms with Crippen LogP contribution in [-0.2, 0) is 6.42 Å². The molecule has 0 unspecified atom stereocenters. The van der Waals surface area contributed by atoms with Gasteiger partial charge in [-0.25, -0.2) is 0 Å². The molecule has 0 aliphatic carbocycles. The van der Waals surface area contributed by atoms with E-state index in [0.29, 0.717) is 0 Å². The first-order chi connectivity index (χ1) is 8.81. The van der Waals surface area contributed by atoms with E-state index in [1.54, 1.807) is 0 Å². The van der Waals surface area contributed by atoms with Crippen LogP contribution >= 0.6 is 0 Å². The van der Waals surface area contributed by atoms with E-state index in [0.717, 1.165) is 0 Å². The predicted octanol–water partition coefficient (Wildman–Crippen LogP) is 5.39. The van der Waals surface area contributed by atoms with Gasteiger partial charge in [-0.2, -0.15) is 0 Å². The molecule has 0 aliphatic rings. The maximum Gasteiger partial charge on any atom is -0.0155 e. The summed E-state index contributed by atoms with van der Waals surface area (Å²) in [7, 11) is 0. The van der Waals surface area contributed by atoms with E-state index in [1.165, 1.54) is 47.9 Å². The molecular weight excluding hydrogens is 216 g/mol. The Balaban J connectivity index is 2.15. The first kappa shape index (κ1) is 12.9. The Hall–Kier alpha value is -1.56. The lowest BCUT2D eigenvalue weighted by atomic mass is 9.96. The molecule has 2 aromatic carbocycles. The van der Waals surface area contributed by atoms with Gasteiger partial charge in [-0.05, 0) is 42.0 Å². The fourth-order valence-electron chi connectivity index (χ4n) is 2.40. The third-order valence-corrected chi connectivity index (χ3v) is 3.44. The van der Waals surface area contributed by atoms with Crippen LogP contribution in [0.25, 0.3) is 11.1 Å². The molecule has 0 N–H and O–H groups in total. The van der Waals surface area contributed by atoms with Gasteiger partial charge in [0.2, 0.25) is 0 Å². The molecule has 2 aromatic rings. The molecule has 0 fully saturated rings. The van der Waals surface area contributed by atoms with Crippen LogP contribution in [0.15, 0.2) is 48.5 Å². The van der Waals surface area contributed by atoms with Crippen molar-refractivity contribution >= 4 is 0 Å². The number of unbranched alkanes of at least 4 members (excludes halogenated alkanes) is 2. The second kappa shape index (κ2) is 6.39. The molecule has 0 heterocycles. The molecule has 0 bridgehead atoms. The Morgan fingerprint density at radius 1 is 0.889 bits per heavy atom. The van der Waals surface area contributed by atoms with Crippen molar-refractivity contribution in [3.05, 3.63) is 59.7 Å². The highest BCUT2D eigenvalue weighted by Gasteiger charge is 2.02. The summed E-state index contributed by atoms with van der Waals surface area (Å²) >= 11 is 0. The summed E-state index contributed by atoms with van der Waals surface area (Å²) < 4.78 is 0. The zero-order valence-corrected chi connectivity index (χ0v) is 11.4. The van der Waals surface area contributed by atoms with Crippen LogP contribution in [0, 0.1) is 6.92 Å². The predicted molar refractivity (Wildman–Crippen MR) is 79.8 cm³/mol. The molecule has 0 spiro atoms. The maximum atomic E-state index is 2.35. The van der Waals surface area contributed by atoms with E-state index in [1.807, 2.05) is 0 Å². The van der Waals surface area contributed by atoms with E-state index in [-0.39, 0.29) is 0 Å². The smallest absolute Gasteiger partial charge is 0.0155 e. The molecule has 0 nitrogen and oxygen atoms in total. The van der Waals surface area contributed by atoms with Crippen molar-refractivity contribution in [3.63, 3.8) is 0 Å². The van der Waals surface area contributed by atoms with Crippen molar-refractivity contribution in [2.75, 3.05) is 0 Å². The van der Waals surface area contributed by atoms with Crippen LogP contribution in [0.2, 0.25) is 0 Å². The molecule has 0 heteroatoms. The van der Waals surface area contributed by atoms with Gasteiger partial charge in [0.05, 0.1) is 0 Å². The number of rotatable bonds is 5. The second-order valence-electron chi connectivity index (χ2n) is 4.97. The van der Waals surface area contributed by atoms with Crippen LogP contribution in [0.1, 0.15) is 37.3 Å². The largest absolute Gasteiger partial charge is 0.0654 e. The highest BCUT2D eigenvalue weighted by atomic mass is 14.1. The summed E-state index contributed by atoms with van der Waals surface area (Å²) in [6.07, 6.45) is 5.14. The summed E-state index contributed by atoms with van der Waals surface area (Å²) in [4.78, 5) is 0. The van der Waals surface area contributed by atoms with Crippen molar-refractivity contribution < 1.29 is 0 Å². The Bertz CT molecular complexity index is 483. The third kappa shape index (κ3) is 3.22. The van der Waals surface area contributed by atoms with Crippen LogP contribution < -0.4 is 0 Å². The van der Waals surface area contributed by atoms with Crippen molar-refractivity contribution in [2.24, 2.45) is 0 Å². The molecule has 0 amide bonds. The lowest BCUT2D eigenvalue weighted by Crippen LogP contribution is -1.89. The average molecular weight is 238 g/mol. The normalized spacial score (nSPS) is 10.6. The van der Waals surface area contributed by atoms with Gasteiger partial charge in [0.15, 0.2) is 0 Å². The van der Waals surface area contributed by atoms with Gasteiger partial charge in [-0.15, -0.1) is 0 Å². The molecule has 0 atom stereocenters. The fourth-order valence-corrected chi connectivity index (χ4v) is 2.40. The standard InChI is InChI=1S/C18H22/c1-3-4-6-9-16-12-13-18(15(2)14-16)17-10-7-5-8-11-17/h5,7-8,10-14H,3-4,6,9H2,1-2H3. The van der Waals surface area contributed by atoms with Gasteiger partial charge in [0, 0.05) is 0 Å². The molecule has 2 rings (SSSR count). The minimum atomic E-state index is 1.21. The first-order valence-corrected chi connectivity index (χ1v) is 6.96. The summed E-state index contributed by atoms with van der Waals surface area (Å²) in [6, 6.07) is 17.5. The highest BCUT2D eigenvalue weighted by Crippen LogP contribution is 2.24.